The van der Waals surface area contributed by atoms with E-state index in [1.54, 1.807) is 0 Å². The summed E-state index contributed by atoms with van der Waals surface area (Å²) in [4.78, 5) is 30.3. The highest BCUT2D eigenvalue weighted by Crippen LogP contribution is 2.23. The highest BCUT2D eigenvalue weighted by atomic mass is 16.5. The lowest BCUT2D eigenvalue weighted by molar-refractivity contribution is 0.0146. The Labute approximate surface area is 175 Å². The molecule has 0 bridgehead atoms. The van der Waals surface area contributed by atoms with Crippen LogP contribution >= 0.6 is 0 Å². The Morgan fingerprint density at radius 1 is 1.20 bits per heavy atom. The van der Waals surface area contributed by atoms with Gasteiger partial charge in [-0.15, -0.1) is 0 Å². The number of aryl methyl sites for hydroxylation is 2. The predicted octanol–water partition coefficient (Wildman–Crippen LogP) is 3.10. The molecule has 3 aromatic rings. The number of nitrogens with zero attached hydrogens (tertiary/aromatic N) is 2. The van der Waals surface area contributed by atoms with Gasteiger partial charge in [0.15, 0.2) is 0 Å². The molecule has 1 saturated heterocycles. The number of aromatic nitrogens is 3. The number of likely N-dealkylation sites (tertiary alicyclic amines) is 1. The largest absolute Gasteiger partial charge is 0.378 e. The summed E-state index contributed by atoms with van der Waals surface area (Å²) in [6.45, 7) is 8.00. The lowest BCUT2D eigenvalue weighted by Gasteiger charge is -2.31. The second-order valence-electron chi connectivity index (χ2n) is 7.95. The normalized spacial score (nSPS) is 15.1. The Morgan fingerprint density at radius 2 is 1.93 bits per heavy atom. The number of benzene rings is 1. The van der Waals surface area contributed by atoms with Gasteiger partial charge in [-0.1, -0.05) is 12.1 Å². The van der Waals surface area contributed by atoms with E-state index in [1.165, 1.54) is 0 Å². The average Bonchev–Trinajstić information content (AvgIpc) is 3.05. The first-order valence-electron chi connectivity index (χ1n) is 10.5. The van der Waals surface area contributed by atoms with Crippen LogP contribution < -0.4 is 5.56 Å². The molecule has 2 N–H and O–H groups in total. The van der Waals surface area contributed by atoms with Crippen LogP contribution in [0, 0.1) is 13.8 Å². The first kappa shape index (κ1) is 20.3. The molecule has 1 fully saturated rings. The Morgan fingerprint density at radius 3 is 2.67 bits per heavy atom. The van der Waals surface area contributed by atoms with Crippen molar-refractivity contribution in [2.45, 2.75) is 46.1 Å². The van der Waals surface area contributed by atoms with E-state index >= 15 is 0 Å². The van der Waals surface area contributed by atoms with Crippen LogP contribution in [0.1, 0.15) is 52.8 Å². The minimum Gasteiger partial charge on any atom is -0.378 e. The van der Waals surface area contributed by atoms with Crippen molar-refractivity contribution in [3.8, 4) is 0 Å². The molecule has 2 aromatic heterocycles. The highest BCUT2D eigenvalue weighted by Gasteiger charge is 2.24. The van der Waals surface area contributed by atoms with E-state index in [0.29, 0.717) is 24.0 Å². The molecule has 158 valence electrons. The van der Waals surface area contributed by atoms with Crippen molar-refractivity contribution in [3.63, 3.8) is 0 Å². The second-order valence-corrected chi connectivity index (χ2v) is 7.95. The fourth-order valence-electron chi connectivity index (χ4n) is 4.44. The van der Waals surface area contributed by atoms with Gasteiger partial charge in [0.05, 0.1) is 17.2 Å². The van der Waals surface area contributed by atoms with Crippen LogP contribution in [0.3, 0.4) is 0 Å². The SMILES string of the molecule is CCOC1CCN(C(=O)c2cccc(Cc3n[nH]c(=O)c4c(C)[nH]c(C)c34)c2)CC1. The molecular formula is C23H28N4O3. The van der Waals surface area contributed by atoms with E-state index < -0.39 is 0 Å². The molecule has 7 heteroatoms. The van der Waals surface area contributed by atoms with Crippen molar-refractivity contribution < 1.29 is 9.53 Å². The van der Waals surface area contributed by atoms with E-state index in [4.69, 9.17) is 4.74 Å². The maximum absolute atomic E-state index is 13.0. The van der Waals surface area contributed by atoms with Crippen molar-refractivity contribution in [1.82, 2.24) is 20.1 Å². The number of ether oxygens (including phenoxy) is 1. The average molecular weight is 409 g/mol. The topological polar surface area (TPSA) is 91.1 Å². The van der Waals surface area contributed by atoms with Gasteiger partial charge in [0.25, 0.3) is 11.5 Å². The molecule has 0 saturated carbocycles. The van der Waals surface area contributed by atoms with Crippen molar-refractivity contribution in [2.24, 2.45) is 0 Å². The number of H-pyrrole nitrogens is 2. The molecular weight excluding hydrogens is 380 g/mol. The third-order valence-corrected chi connectivity index (χ3v) is 5.86. The van der Waals surface area contributed by atoms with Crippen LogP contribution in [0.4, 0.5) is 0 Å². The maximum Gasteiger partial charge on any atom is 0.273 e. The standard InChI is InChI=1S/C23H28N4O3/c1-4-30-18-8-10-27(11-9-18)23(29)17-7-5-6-16(12-17)13-19-20-14(2)24-15(3)21(20)22(28)26-25-19/h5-7,12,18,24H,4,8-11,13H2,1-3H3,(H,26,28). The summed E-state index contributed by atoms with van der Waals surface area (Å²) in [5, 5.41) is 8.43. The minimum absolute atomic E-state index is 0.0556. The maximum atomic E-state index is 13.0. The number of carbonyl (C=O) groups excluding carboxylic acids is 1. The number of carbonyl (C=O) groups is 1. The zero-order valence-corrected chi connectivity index (χ0v) is 17.7. The van der Waals surface area contributed by atoms with Gasteiger partial charge in [-0.3, -0.25) is 9.59 Å². The van der Waals surface area contributed by atoms with Gasteiger partial charge in [-0.05, 0) is 51.3 Å². The lowest BCUT2D eigenvalue weighted by atomic mass is 10.0. The number of fused-ring (bicyclic) bond motifs is 1. The zero-order chi connectivity index (χ0) is 21.3. The number of hydrogen-bond donors (Lipinski definition) is 2. The Balaban J connectivity index is 1.55. The third-order valence-electron chi connectivity index (χ3n) is 5.86. The molecule has 1 aromatic carbocycles. The van der Waals surface area contributed by atoms with Crippen LogP contribution in [-0.2, 0) is 11.2 Å². The van der Waals surface area contributed by atoms with Gasteiger partial charge in [0.2, 0.25) is 0 Å². The van der Waals surface area contributed by atoms with Gasteiger partial charge in [0, 0.05) is 48.5 Å². The Hall–Kier alpha value is -2.93. The Bertz CT molecular complexity index is 1120. The first-order valence-corrected chi connectivity index (χ1v) is 10.5. The van der Waals surface area contributed by atoms with Gasteiger partial charge >= 0.3 is 0 Å². The highest BCUT2D eigenvalue weighted by molar-refractivity contribution is 5.94. The molecule has 0 radical (unpaired) electrons. The summed E-state index contributed by atoms with van der Waals surface area (Å²) in [6, 6.07) is 7.70. The summed E-state index contributed by atoms with van der Waals surface area (Å²) >= 11 is 0. The number of amides is 1. The molecule has 1 amide bonds. The zero-order valence-electron chi connectivity index (χ0n) is 17.7. The van der Waals surface area contributed by atoms with Gasteiger partial charge in [0.1, 0.15) is 0 Å². The number of nitrogens with one attached hydrogen (secondary N) is 2. The fraction of sp³-hybridized carbons (Fsp3) is 0.435. The van der Waals surface area contributed by atoms with Crippen LogP contribution in [0.25, 0.3) is 10.8 Å². The van der Waals surface area contributed by atoms with Crippen LogP contribution in [-0.4, -0.2) is 51.8 Å². The third kappa shape index (κ3) is 3.89. The molecule has 1 aliphatic rings. The first-order chi connectivity index (χ1) is 14.5. The van der Waals surface area contributed by atoms with E-state index in [9.17, 15) is 9.59 Å². The molecule has 0 aliphatic carbocycles. The molecule has 1 aliphatic heterocycles. The van der Waals surface area contributed by atoms with E-state index in [1.807, 2.05) is 49.9 Å². The number of piperidine rings is 1. The summed E-state index contributed by atoms with van der Waals surface area (Å²) in [7, 11) is 0. The number of rotatable bonds is 5. The van der Waals surface area contributed by atoms with Crippen LogP contribution in [0.2, 0.25) is 0 Å². The molecule has 3 heterocycles. The number of aromatic amines is 2. The Kier molecular flexibility index (Phi) is 5.72. The summed E-state index contributed by atoms with van der Waals surface area (Å²) < 4.78 is 5.68. The minimum atomic E-state index is -0.185. The van der Waals surface area contributed by atoms with Crippen LogP contribution in [0.5, 0.6) is 0 Å². The van der Waals surface area contributed by atoms with Crippen molar-refractivity contribution >= 4 is 16.7 Å². The van der Waals surface area contributed by atoms with E-state index in [2.05, 4.69) is 15.2 Å². The van der Waals surface area contributed by atoms with Crippen molar-refractivity contribution in [2.75, 3.05) is 19.7 Å². The summed E-state index contributed by atoms with van der Waals surface area (Å²) in [5.41, 5.74) is 4.06. The van der Waals surface area contributed by atoms with Crippen molar-refractivity contribution in [1.29, 1.82) is 0 Å². The van der Waals surface area contributed by atoms with Gasteiger partial charge < -0.3 is 14.6 Å². The van der Waals surface area contributed by atoms with Gasteiger partial charge in [-0.2, -0.15) is 5.10 Å². The quantitative estimate of drug-likeness (QED) is 0.679. The molecule has 4 rings (SSSR count). The van der Waals surface area contributed by atoms with E-state index in [-0.39, 0.29) is 17.6 Å². The summed E-state index contributed by atoms with van der Waals surface area (Å²) in [5.74, 6) is 0.0556. The lowest BCUT2D eigenvalue weighted by Crippen LogP contribution is -2.40. The molecule has 30 heavy (non-hydrogen) atoms. The number of hydrogen-bond acceptors (Lipinski definition) is 4. The van der Waals surface area contributed by atoms with Crippen molar-refractivity contribution in [3.05, 3.63) is 62.8 Å². The predicted molar refractivity (Wildman–Crippen MR) is 116 cm³/mol. The monoisotopic (exact) mass is 408 g/mol. The fourth-order valence-corrected chi connectivity index (χ4v) is 4.44. The van der Waals surface area contributed by atoms with Crippen LogP contribution in [0.15, 0.2) is 29.1 Å². The molecule has 0 spiro atoms. The molecule has 0 unspecified atom stereocenters. The van der Waals surface area contributed by atoms with Gasteiger partial charge in [-0.25, -0.2) is 5.10 Å². The molecule has 7 nitrogen and oxygen atoms in total. The summed E-state index contributed by atoms with van der Waals surface area (Å²) in [6.07, 6.45) is 2.56. The molecule has 0 atom stereocenters. The smallest absolute Gasteiger partial charge is 0.273 e. The van der Waals surface area contributed by atoms with E-state index in [0.717, 1.165) is 54.0 Å². The second kappa shape index (κ2) is 8.44.